The highest BCUT2D eigenvalue weighted by Crippen LogP contribution is 2.40. The molecule has 2 atom stereocenters. The van der Waals surface area contributed by atoms with Crippen molar-refractivity contribution < 1.29 is 9.16 Å². The van der Waals surface area contributed by atoms with Gasteiger partial charge >= 0.3 is 0 Å². The molecule has 1 aliphatic carbocycles. The third-order valence-corrected chi connectivity index (χ3v) is 15.9. The van der Waals surface area contributed by atoms with E-state index in [1.54, 1.807) is 12.4 Å². The van der Waals surface area contributed by atoms with Crippen LogP contribution in [0.5, 0.6) is 0 Å². The summed E-state index contributed by atoms with van der Waals surface area (Å²) in [5.41, 5.74) is 1.24. The summed E-state index contributed by atoms with van der Waals surface area (Å²) in [6, 6.07) is 24.1. The third-order valence-electron chi connectivity index (χ3n) is 10.2. The van der Waals surface area contributed by atoms with Crippen LogP contribution in [0, 0.1) is 0 Å². The Kier molecular flexibility index (Phi) is 9.07. The lowest BCUT2D eigenvalue weighted by molar-refractivity contribution is 0.0882. The minimum atomic E-state index is -2.73. The number of anilines is 3. The summed E-state index contributed by atoms with van der Waals surface area (Å²) >= 11 is 13.4. The summed E-state index contributed by atoms with van der Waals surface area (Å²) in [5.74, 6) is 1.14. The van der Waals surface area contributed by atoms with Crippen molar-refractivity contribution in [3.05, 3.63) is 89.3 Å². The van der Waals surface area contributed by atoms with Crippen LogP contribution in [0.4, 0.5) is 17.5 Å². The smallest absolute Gasteiger partial charge is 0.261 e. The van der Waals surface area contributed by atoms with Crippen molar-refractivity contribution in [3.8, 4) is 0 Å². The van der Waals surface area contributed by atoms with E-state index >= 15 is 0 Å². The summed E-state index contributed by atoms with van der Waals surface area (Å²) in [4.78, 5) is 18.9. The summed E-state index contributed by atoms with van der Waals surface area (Å²) in [6.07, 6.45) is 5.59. The zero-order valence-electron chi connectivity index (χ0n) is 28.6. The number of aromatic nitrogens is 5. The van der Waals surface area contributed by atoms with Crippen molar-refractivity contribution in [1.29, 1.82) is 0 Å². The Bertz CT molecular complexity index is 1920. The van der Waals surface area contributed by atoms with Crippen LogP contribution in [-0.4, -0.2) is 89.5 Å². The van der Waals surface area contributed by atoms with Crippen molar-refractivity contribution in [3.63, 3.8) is 0 Å². The number of fused-ring (bicyclic) bond motifs is 1. The predicted molar refractivity (Wildman–Crippen MR) is 202 cm³/mol. The highest BCUT2D eigenvalue weighted by atomic mass is 35.5. The van der Waals surface area contributed by atoms with E-state index in [2.05, 4.69) is 107 Å². The zero-order valence-corrected chi connectivity index (χ0v) is 31.1. The van der Waals surface area contributed by atoms with Gasteiger partial charge in [-0.3, -0.25) is 4.90 Å². The number of rotatable bonds is 9. The van der Waals surface area contributed by atoms with Gasteiger partial charge in [-0.15, -0.1) is 0 Å². The maximum absolute atomic E-state index is 7.55. The molecule has 3 aliphatic rings. The lowest BCUT2D eigenvalue weighted by atomic mass is 10.1. The van der Waals surface area contributed by atoms with E-state index in [1.165, 1.54) is 10.4 Å². The topological polar surface area (TPSA) is 93.5 Å². The second-order valence-electron chi connectivity index (χ2n) is 14.5. The van der Waals surface area contributed by atoms with Gasteiger partial charge < -0.3 is 19.4 Å². The molecule has 1 N–H and O–H groups in total. The normalized spacial score (nSPS) is 20.5. The Morgan fingerprint density at radius 2 is 1.56 bits per heavy atom. The lowest BCUT2D eigenvalue weighted by Gasteiger charge is -2.47. The van der Waals surface area contributed by atoms with Crippen molar-refractivity contribution in [2.75, 3.05) is 49.6 Å². The Morgan fingerprint density at radius 3 is 2.20 bits per heavy atom. The number of benzene rings is 2. The molecule has 2 aliphatic heterocycles. The van der Waals surface area contributed by atoms with E-state index in [-0.39, 0.29) is 17.2 Å². The molecule has 2 unspecified atom stereocenters. The van der Waals surface area contributed by atoms with E-state index in [9.17, 15) is 0 Å². The van der Waals surface area contributed by atoms with E-state index in [1.807, 2.05) is 10.7 Å². The Hall–Kier alpha value is -3.58. The molecular formula is C37H42Cl2N8O2Si. The number of halogens is 2. The van der Waals surface area contributed by atoms with Gasteiger partial charge in [0.15, 0.2) is 10.8 Å². The quantitative estimate of drug-likeness (QED) is 0.182. The van der Waals surface area contributed by atoms with Crippen LogP contribution >= 0.6 is 23.2 Å². The van der Waals surface area contributed by atoms with Gasteiger partial charge in [0.1, 0.15) is 5.82 Å². The average molecular weight is 730 g/mol. The standard InChI is InChI=1S/C37H42Cl2N8O2Si/c1-37(2,3)50(27-10-6-4-7-11-27,28-12-8-5-9-13-28)49-32-24-48-23-31(32)45-16-18-46(19-17-45)35-29(38)20-25-21-40-36(44-34(25)43-35)42-30-22-41-47(33(30)39)26-14-15-26/h4-13,20-22,26,31-32H,14-19,23-24H2,1-3H3,(H,40,42,43,44). The predicted octanol–water partition coefficient (Wildman–Crippen LogP) is 6.07. The number of hydrogen-bond donors (Lipinski definition) is 1. The summed E-state index contributed by atoms with van der Waals surface area (Å²) in [7, 11) is -2.73. The van der Waals surface area contributed by atoms with Gasteiger partial charge in [0.2, 0.25) is 5.95 Å². The molecule has 0 bridgehead atoms. The van der Waals surface area contributed by atoms with Gasteiger partial charge in [-0.05, 0) is 34.3 Å². The maximum atomic E-state index is 7.55. The molecule has 260 valence electrons. The molecule has 0 amide bonds. The number of ether oxygens (including phenoxy) is 1. The van der Waals surface area contributed by atoms with Crippen molar-refractivity contribution in [2.45, 2.75) is 56.8 Å². The zero-order chi connectivity index (χ0) is 34.5. The number of nitrogens with zero attached hydrogens (tertiary/aromatic N) is 7. The molecule has 3 aromatic heterocycles. The molecule has 8 rings (SSSR count). The second kappa shape index (κ2) is 13.5. The third kappa shape index (κ3) is 6.29. The van der Waals surface area contributed by atoms with Crippen LogP contribution in [0.15, 0.2) is 79.1 Å². The molecule has 2 aromatic carbocycles. The van der Waals surface area contributed by atoms with Crippen molar-refractivity contribution in [1.82, 2.24) is 29.6 Å². The minimum Gasteiger partial charge on any atom is -0.400 e. The highest BCUT2D eigenvalue weighted by molar-refractivity contribution is 6.99. The summed E-state index contributed by atoms with van der Waals surface area (Å²) in [5, 5.41) is 12.0. The Labute approximate surface area is 303 Å². The first kappa shape index (κ1) is 33.6. The molecule has 1 saturated carbocycles. The first-order chi connectivity index (χ1) is 24.2. The molecule has 10 nitrogen and oxygen atoms in total. The Balaban J connectivity index is 0.997. The largest absolute Gasteiger partial charge is 0.400 e. The molecule has 13 heteroatoms. The van der Waals surface area contributed by atoms with Gasteiger partial charge in [-0.25, -0.2) is 14.6 Å². The van der Waals surface area contributed by atoms with Gasteiger partial charge in [0.25, 0.3) is 8.32 Å². The molecular weight excluding hydrogens is 687 g/mol. The van der Waals surface area contributed by atoms with Crippen LogP contribution in [0.25, 0.3) is 11.0 Å². The summed E-state index contributed by atoms with van der Waals surface area (Å²) in [6.45, 7) is 11.4. The fraction of sp³-hybridized carbons (Fsp3) is 0.405. The molecule has 0 spiro atoms. The second-order valence-corrected chi connectivity index (χ2v) is 19.5. The Morgan fingerprint density at radius 1 is 0.880 bits per heavy atom. The molecule has 0 radical (unpaired) electrons. The van der Waals surface area contributed by atoms with E-state index in [0.29, 0.717) is 46.7 Å². The number of hydrogen-bond acceptors (Lipinski definition) is 9. The fourth-order valence-electron chi connectivity index (χ4n) is 7.50. The summed E-state index contributed by atoms with van der Waals surface area (Å²) < 4.78 is 15.6. The lowest BCUT2D eigenvalue weighted by Crippen LogP contribution is -2.69. The maximum Gasteiger partial charge on any atom is 0.261 e. The molecule has 2 saturated heterocycles. The first-order valence-corrected chi connectivity index (χ1v) is 20.1. The first-order valence-electron chi connectivity index (χ1n) is 17.4. The molecule has 5 heterocycles. The van der Waals surface area contributed by atoms with Crippen LogP contribution < -0.4 is 20.6 Å². The average Bonchev–Trinajstić information content (AvgIpc) is 3.75. The molecule has 3 fully saturated rings. The number of pyridine rings is 1. The van der Waals surface area contributed by atoms with Gasteiger partial charge in [0, 0.05) is 37.8 Å². The van der Waals surface area contributed by atoms with Crippen LogP contribution in [0.2, 0.25) is 15.2 Å². The monoisotopic (exact) mass is 728 g/mol. The van der Waals surface area contributed by atoms with Crippen LogP contribution in [0.1, 0.15) is 39.7 Å². The van der Waals surface area contributed by atoms with Crippen molar-refractivity contribution in [2.24, 2.45) is 0 Å². The molecule has 50 heavy (non-hydrogen) atoms. The van der Waals surface area contributed by atoms with Crippen LogP contribution in [-0.2, 0) is 9.16 Å². The van der Waals surface area contributed by atoms with E-state index in [0.717, 1.165) is 50.2 Å². The fourth-order valence-corrected chi connectivity index (χ4v) is 12.7. The van der Waals surface area contributed by atoms with Crippen LogP contribution in [0.3, 0.4) is 0 Å². The van der Waals surface area contributed by atoms with E-state index in [4.69, 9.17) is 42.3 Å². The van der Waals surface area contributed by atoms with Gasteiger partial charge in [-0.2, -0.15) is 10.1 Å². The van der Waals surface area contributed by atoms with Crippen molar-refractivity contribution >= 4 is 70.4 Å². The molecule has 5 aromatic rings. The number of nitrogens with one attached hydrogen (secondary N) is 1. The van der Waals surface area contributed by atoms with Gasteiger partial charge in [0.05, 0.1) is 48.3 Å². The SMILES string of the molecule is CC(C)(C)[Si](OC1COCC1N1CCN(c2nc3nc(Nc4cnn(C5CC5)c4Cl)ncc3cc2Cl)CC1)(c1ccccc1)c1ccccc1. The minimum absolute atomic E-state index is 0.0530. The van der Waals surface area contributed by atoms with E-state index < -0.39 is 8.32 Å². The highest BCUT2D eigenvalue weighted by Gasteiger charge is 2.53. The number of piperazine rings is 1. The van der Waals surface area contributed by atoms with Gasteiger partial charge in [-0.1, -0.05) is 105 Å².